The zero-order valence-electron chi connectivity index (χ0n) is 13.6. The number of anilines is 2. The molecule has 1 unspecified atom stereocenters. The molecule has 1 amide bonds. The van der Waals surface area contributed by atoms with E-state index < -0.39 is 0 Å². The molecule has 1 aliphatic rings. The van der Waals surface area contributed by atoms with Crippen LogP contribution >= 0.6 is 11.6 Å². The number of carbonyl (C=O) groups is 1. The predicted octanol–water partition coefficient (Wildman–Crippen LogP) is 2.48. The van der Waals surface area contributed by atoms with Gasteiger partial charge in [0.05, 0.1) is 22.6 Å². The van der Waals surface area contributed by atoms with Crippen LogP contribution in [0.2, 0.25) is 5.02 Å². The molecule has 0 aliphatic carbocycles. The van der Waals surface area contributed by atoms with Crippen molar-refractivity contribution in [1.82, 2.24) is 19.6 Å². The molecule has 1 saturated heterocycles. The number of rotatable bonds is 4. The predicted molar refractivity (Wildman–Crippen MR) is 96.2 cm³/mol. The number of carbonyl (C=O) groups excluding carboxylic acids is 1. The summed E-state index contributed by atoms with van der Waals surface area (Å²) < 4.78 is 3.39. The Bertz CT molecular complexity index is 917. The number of nitrogens with zero attached hydrogens (tertiary/aromatic N) is 5. The third kappa shape index (κ3) is 2.98. The lowest BCUT2D eigenvalue weighted by Gasteiger charge is -2.14. The molecule has 1 aliphatic heterocycles. The van der Waals surface area contributed by atoms with Crippen molar-refractivity contribution in [2.75, 3.05) is 16.8 Å². The Morgan fingerprint density at radius 3 is 2.88 bits per heavy atom. The number of amides is 1. The Balaban J connectivity index is 1.48. The molecule has 7 nitrogen and oxygen atoms in total. The molecule has 0 spiro atoms. The Morgan fingerprint density at radius 2 is 2.12 bits per heavy atom. The standard InChI is InChI=1S/C17H17ClN6O/c1-22-11-12(10-19-22)23-8-6-14(17(23)25)20-16-7-9-24(21-16)15-5-3-2-4-13(15)18/h2-5,7,9-11,14H,6,8H2,1H3,(H,20,21). The topological polar surface area (TPSA) is 68.0 Å². The van der Waals surface area contributed by atoms with Crippen molar-refractivity contribution in [3.63, 3.8) is 0 Å². The van der Waals surface area contributed by atoms with E-state index in [4.69, 9.17) is 11.6 Å². The highest BCUT2D eigenvalue weighted by Crippen LogP contribution is 2.24. The minimum absolute atomic E-state index is 0.0280. The lowest BCUT2D eigenvalue weighted by atomic mass is 10.2. The van der Waals surface area contributed by atoms with Crippen molar-refractivity contribution in [3.8, 4) is 5.69 Å². The highest BCUT2D eigenvalue weighted by Gasteiger charge is 2.33. The van der Waals surface area contributed by atoms with E-state index in [1.54, 1.807) is 20.5 Å². The highest BCUT2D eigenvalue weighted by atomic mass is 35.5. The van der Waals surface area contributed by atoms with Gasteiger partial charge in [0.1, 0.15) is 11.9 Å². The van der Waals surface area contributed by atoms with E-state index in [-0.39, 0.29) is 11.9 Å². The first-order chi connectivity index (χ1) is 12.1. The molecular formula is C17H17ClN6O. The second kappa shape index (κ2) is 6.25. The summed E-state index contributed by atoms with van der Waals surface area (Å²) in [5, 5.41) is 12.4. The molecule has 4 rings (SSSR count). The van der Waals surface area contributed by atoms with E-state index in [9.17, 15) is 4.79 Å². The molecule has 8 heteroatoms. The minimum atomic E-state index is -0.296. The first kappa shape index (κ1) is 15.7. The molecule has 128 valence electrons. The van der Waals surface area contributed by atoms with Crippen molar-refractivity contribution in [2.24, 2.45) is 7.05 Å². The van der Waals surface area contributed by atoms with Crippen LogP contribution in [0.5, 0.6) is 0 Å². The van der Waals surface area contributed by atoms with Gasteiger partial charge in [-0.1, -0.05) is 23.7 Å². The second-order valence-electron chi connectivity index (χ2n) is 5.94. The lowest BCUT2D eigenvalue weighted by Crippen LogP contribution is -2.33. The van der Waals surface area contributed by atoms with Crippen molar-refractivity contribution in [3.05, 3.63) is 53.9 Å². The van der Waals surface area contributed by atoms with Crippen LogP contribution in [0.25, 0.3) is 5.69 Å². The summed E-state index contributed by atoms with van der Waals surface area (Å²) in [6.07, 6.45) is 6.08. The molecular weight excluding hydrogens is 340 g/mol. The lowest BCUT2D eigenvalue weighted by molar-refractivity contribution is -0.117. The fraction of sp³-hybridized carbons (Fsp3) is 0.235. The molecule has 2 aromatic heterocycles. The average Bonchev–Trinajstić information content (AvgIpc) is 3.31. The van der Waals surface area contributed by atoms with E-state index in [1.807, 2.05) is 49.8 Å². The van der Waals surface area contributed by atoms with Crippen LogP contribution in [0.1, 0.15) is 6.42 Å². The van der Waals surface area contributed by atoms with Gasteiger partial charge in [-0.05, 0) is 18.6 Å². The van der Waals surface area contributed by atoms with Crippen molar-refractivity contribution >= 4 is 29.0 Å². The fourth-order valence-electron chi connectivity index (χ4n) is 2.97. The van der Waals surface area contributed by atoms with Crippen LogP contribution in [0.4, 0.5) is 11.5 Å². The summed E-state index contributed by atoms with van der Waals surface area (Å²) >= 11 is 6.20. The monoisotopic (exact) mass is 356 g/mol. The van der Waals surface area contributed by atoms with Crippen LogP contribution in [0.3, 0.4) is 0 Å². The largest absolute Gasteiger partial charge is 0.357 e. The van der Waals surface area contributed by atoms with E-state index in [0.717, 1.165) is 11.4 Å². The first-order valence-corrected chi connectivity index (χ1v) is 8.37. The molecule has 25 heavy (non-hydrogen) atoms. The number of hydrogen-bond donors (Lipinski definition) is 1. The van der Waals surface area contributed by atoms with Crippen molar-refractivity contribution < 1.29 is 4.79 Å². The van der Waals surface area contributed by atoms with Gasteiger partial charge in [0.15, 0.2) is 0 Å². The number of aromatic nitrogens is 4. The number of para-hydroxylation sites is 1. The third-order valence-electron chi connectivity index (χ3n) is 4.22. The molecule has 1 fully saturated rings. The van der Waals surface area contributed by atoms with E-state index >= 15 is 0 Å². The van der Waals surface area contributed by atoms with Crippen molar-refractivity contribution in [1.29, 1.82) is 0 Å². The van der Waals surface area contributed by atoms with Crippen molar-refractivity contribution in [2.45, 2.75) is 12.5 Å². The van der Waals surface area contributed by atoms with Gasteiger partial charge in [0.25, 0.3) is 0 Å². The molecule has 0 saturated carbocycles. The Kier molecular flexibility index (Phi) is 3.93. The van der Waals surface area contributed by atoms with Gasteiger partial charge in [0, 0.05) is 32.1 Å². The molecule has 1 atom stereocenters. The minimum Gasteiger partial charge on any atom is -0.357 e. The Hall–Kier alpha value is -2.80. The summed E-state index contributed by atoms with van der Waals surface area (Å²) in [6, 6.07) is 9.03. The molecule has 3 aromatic rings. The van der Waals surface area contributed by atoms with Crippen LogP contribution < -0.4 is 10.2 Å². The van der Waals surface area contributed by atoms with Gasteiger partial charge in [0.2, 0.25) is 5.91 Å². The first-order valence-electron chi connectivity index (χ1n) is 7.99. The zero-order valence-corrected chi connectivity index (χ0v) is 14.4. The SMILES string of the molecule is Cn1cc(N2CCC(Nc3ccn(-c4ccccc4Cl)n3)C2=O)cn1. The zero-order chi connectivity index (χ0) is 17.4. The number of halogens is 1. The number of benzene rings is 1. The maximum atomic E-state index is 12.6. The van der Waals surface area contributed by atoms with Crippen LogP contribution in [-0.4, -0.2) is 38.1 Å². The summed E-state index contributed by atoms with van der Waals surface area (Å²) in [5.74, 6) is 0.673. The normalized spacial score (nSPS) is 17.3. The van der Waals surface area contributed by atoms with E-state index in [1.165, 1.54) is 0 Å². The van der Waals surface area contributed by atoms with Gasteiger partial charge in [-0.3, -0.25) is 9.48 Å². The van der Waals surface area contributed by atoms with E-state index in [0.29, 0.717) is 23.8 Å². The molecule has 0 bridgehead atoms. The molecule has 1 aromatic carbocycles. The van der Waals surface area contributed by atoms with E-state index in [2.05, 4.69) is 15.5 Å². The molecule has 3 heterocycles. The smallest absolute Gasteiger partial charge is 0.249 e. The second-order valence-corrected chi connectivity index (χ2v) is 6.35. The Labute approximate surface area is 149 Å². The van der Waals surface area contributed by atoms with Gasteiger partial charge >= 0.3 is 0 Å². The number of hydrogen-bond acceptors (Lipinski definition) is 4. The number of nitrogens with one attached hydrogen (secondary N) is 1. The van der Waals surface area contributed by atoms with Gasteiger partial charge in [-0.25, -0.2) is 4.68 Å². The Morgan fingerprint density at radius 1 is 1.28 bits per heavy atom. The summed E-state index contributed by atoms with van der Waals surface area (Å²) in [6.45, 7) is 0.660. The fourth-order valence-corrected chi connectivity index (χ4v) is 3.19. The van der Waals surface area contributed by atoms with Gasteiger partial charge in [-0.2, -0.15) is 10.2 Å². The highest BCUT2D eigenvalue weighted by molar-refractivity contribution is 6.32. The maximum absolute atomic E-state index is 12.6. The van der Waals surface area contributed by atoms with Crippen LogP contribution in [0, 0.1) is 0 Å². The quantitative estimate of drug-likeness (QED) is 0.779. The van der Waals surface area contributed by atoms with Crippen LogP contribution in [-0.2, 0) is 11.8 Å². The van der Waals surface area contributed by atoms with Gasteiger partial charge < -0.3 is 10.2 Å². The number of aryl methyl sites for hydroxylation is 1. The molecule has 0 radical (unpaired) electrons. The maximum Gasteiger partial charge on any atom is 0.249 e. The average molecular weight is 357 g/mol. The summed E-state index contributed by atoms with van der Waals surface area (Å²) in [7, 11) is 1.83. The van der Waals surface area contributed by atoms with Crippen LogP contribution in [0.15, 0.2) is 48.9 Å². The molecule has 1 N–H and O–H groups in total. The van der Waals surface area contributed by atoms with Gasteiger partial charge in [-0.15, -0.1) is 0 Å². The summed E-state index contributed by atoms with van der Waals surface area (Å²) in [5.41, 5.74) is 1.62. The summed E-state index contributed by atoms with van der Waals surface area (Å²) in [4.78, 5) is 14.4. The third-order valence-corrected chi connectivity index (χ3v) is 4.54.